The first-order valence-electron chi connectivity index (χ1n) is 7.15. The van der Waals surface area contributed by atoms with Gasteiger partial charge in [-0.15, -0.1) is 0 Å². The van der Waals surface area contributed by atoms with Crippen LogP contribution in [-0.2, 0) is 16.0 Å². The molecule has 1 N–H and O–H groups in total. The first-order chi connectivity index (χ1) is 11.0. The van der Waals surface area contributed by atoms with E-state index in [4.69, 9.17) is 4.74 Å². The minimum absolute atomic E-state index is 0.169. The number of anilines is 1. The number of carbonyl (C=O) groups is 2. The predicted octanol–water partition coefficient (Wildman–Crippen LogP) is 2.97. The number of rotatable bonds is 5. The molecule has 0 heterocycles. The molecule has 0 aliphatic heterocycles. The van der Waals surface area contributed by atoms with E-state index in [1.165, 1.54) is 7.11 Å². The molecule has 0 atom stereocenters. The second-order valence-electron chi connectivity index (χ2n) is 5.10. The Hall–Kier alpha value is -2.82. The maximum atomic E-state index is 12.1. The van der Waals surface area contributed by atoms with Crippen LogP contribution in [0.15, 0.2) is 42.5 Å². The van der Waals surface area contributed by atoms with Crippen molar-refractivity contribution in [3.63, 3.8) is 0 Å². The minimum atomic E-state index is -0.440. The molecule has 0 aliphatic carbocycles. The zero-order valence-corrected chi connectivity index (χ0v) is 13.4. The average Bonchev–Trinajstić information content (AvgIpc) is 2.56. The smallest absolute Gasteiger partial charge is 0.337 e. The van der Waals surface area contributed by atoms with Crippen LogP contribution in [0.2, 0.25) is 0 Å². The highest BCUT2D eigenvalue weighted by Gasteiger charge is 2.09. The Balaban J connectivity index is 2.06. The molecular formula is C18H19NO4. The maximum absolute atomic E-state index is 12.1. The van der Waals surface area contributed by atoms with Gasteiger partial charge in [-0.3, -0.25) is 4.79 Å². The van der Waals surface area contributed by atoms with Crippen LogP contribution < -0.4 is 10.1 Å². The molecule has 0 saturated heterocycles. The third-order valence-corrected chi connectivity index (χ3v) is 3.40. The van der Waals surface area contributed by atoms with Crippen molar-refractivity contribution >= 4 is 17.6 Å². The lowest BCUT2D eigenvalue weighted by Gasteiger charge is -2.09. The number of hydrogen-bond donors (Lipinski definition) is 1. The Morgan fingerprint density at radius 1 is 1.09 bits per heavy atom. The van der Waals surface area contributed by atoms with Crippen molar-refractivity contribution in [2.45, 2.75) is 13.3 Å². The van der Waals surface area contributed by atoms with E-state index >= 15 is 0 Å². The van der Waals surface area contributed by atoms with E-state index in [0.717, 1.165) is 16.9 Å². The summed E-state index contributed by atoms with van der Waals surface area (Å²) < 4.78 is 9.92. The van der Waals surface area contributed by atoms with Gasteiger partial charge in [-0.25, -0.2) is 4.79 Å². The molecule has 2 aromatic carbocycles. The summed E-state index contributed by atoms with van der Waals surface area (Å²) in [5, 5.41) is 2.77. The van der Waals surface area contributed by atoms with Gasteiger partial charge in [0.15, 0.2) is 0 Å². The molecule has 0 bridgehead atoms. The number of carbonyl (C=O) groups excluding carboxylic acids is 2. The molecule has 1 amide bonds. The van der Waals surface area contributed by atoms with Crippen molar-refractivity contribution in [2.24, 2.45) is 0 Å². The first-order valence-corrected chi connectivity index (χ1v) is 7.15. The molecule has 120 valence electrons. The second kappa shape index (κ2) is 7.45. The standard InChI is InChI=1S/C18H19NO4/c1-12-7-8-13(9-16(12)22-2)10-17(20)19-15-6-4-5-14(11-15)18(21)23-3/h4-9,11H,10H2,1-3H3,(H,19,20). The molecule has 0 spiro atoms. The number of amides is 1. The fraction of sp³-hybridized carbons (Fsp3) is 0.222. The zero-order valence-electron chi connectivity index (χ0n) is 13.4. The van der Waals surface area contributed by atoms with E-state index in [1.54, 1.807) is 31.4 Å². The number of ether oxygens (including phenoxy) is 2. The highest BCUT2D eigenvalue weighted by Crippen LogP contribution is 2.19. The quantitative estimate of drug-likeness (QED) is 0.862. The molecule has 0 saturated carbocycles. The van der Waals surface area contributed by atoms with Crippen LogP contribution in [0.1, 0.15) is 21.5 Å². The number of hydrogen-bond acceptors (Lipinski definition) is 4. The topological polar surface area (TPSA) is 64.6 Å². The Morgan fingerprint density at radius 2 is 1.87 bits per heavy atom. The molecule has 0 fully saturated rings. The van der Waals surface area contributed by atoms with Crippen molar-refractivity contribution in [3.05, 3.63) is 59.2 Å². The van der Waals surface area contributed by atoms with Crippen LogP contribution in [-0.4, -0.2) is 26.1 Å². The van der Waals surface area contributed by atoms with Crippen LogP contribution >= 0.6 is 0 Å². The average molecular weight is 313 g/mol. The van der Waals surface area contributed by atoms with Gasteiger partial charge in [-0.1, -0.05) is 18.2 Å². The summed E-state index contributed by atoms with van der Waals surface area (Å²) in [5.41, 5.74) is 2.82. The molecule has 5 nitrogen and oxygen atoms in total. The SMILES string of the molecule is COC(=O)c1cccc(NC(=O)Cc2ccc(C)c(OC)c2)c1. The summed E-state index contributed by atoms with van der Waals surface area (Å²) in [6.07, 6.45) is 0.221. The summed E-state index contributed by atoms with van der Waals surface area (Å²) in [4.78, 5) is 23.6. The van der Waals surface area contributed by atoms with Crippen LogP contribution in [0, 0.1) is 6.92 Å². The van der Waals surface area contributed by atoms with Crippen LogP contribution in [0.3, 0.4) is 0 Å². The number of methoxy groups -OCH3 is 2. The molecule has 0 radical (unpaired) electrons. The Bertz CT molecular complexity index is 725. The lowest BCUT2D eigenvalue weighted by molar-refractivity contribution is -0.115. The number of esters is 1. The fourth-order valence-electron chi connectivity index (χ4n) is 2.21. The van der Waals surface area contributed by atoms with E-state index in [1.807, 2.05) is 25.1 Å². The van der Waals surface area contributed by atoms with Gasteiger partial charge < -0.3 is 14.8 Å². The lowest BCUT2D eigenvalue weighted by atomic mass is 10.1. The third-order valence-electron chi connectivity index (χ3n) is 3.40. The van der Waals surface area contributed by atoms with Gasteiger partial charge in [0, 0.05) is 5.69 Å². The molecule has 0 unspecified atom stereocenters. The van der Waals surface area contributed by atoms with Gasteiger partial charge in [0.25, 0.3) is 0 Å². The Kier molecular flexibility index (Phi) is 5.36. The monoisotopic (exact) mass is 313 g/mol. The Morgan fingerprint density at radius 3 is 2.57 bits per heavy atom. The van der Waals surface area contributed by atoms with Crippen molar-refractivity contribution in [1.82, 2.24) is 0 Å². The van der Waals surface area contributed by atoms with Gasteiger partial charge in [-0.2, -0.15) is 0 Å². The van der Waals surface area contributed by atoms with Gasteiger partial charge in [0.2, 0.25) is 5.91 Å². The summed E-state index contributed by atoms with van der Waals surface area (Å²) in [6, 6.07) is 12.3. The first kappa shape index (κ1) is 16.5. The van der Waals surface area contributed by atoms with Crippen LogP contribution in [0.5, 0.6) is 5.75 Å². The predicted molar refractivity (Wildman–Crippen MR) is 87.8 cm³/mol. The van der Waals surface area contributed by atoms with Crippen molar-refractivity contribution < 1.29 is 19.1 Å². The molecule has 2 aromatic rings. The molecule has 0 aromatic heterocycles. The summed E-state index contributed by atoms with van der Waals surface area (Å²) in [7, 11) is 2.92. The van der Waals surface area contributed by atoms with E-state index in [2.05, 4.69) is 10.1 Å². The largest absolute Gasteiger partial charge is 0.496 e. The third kappa shape index (κ3) is 4.32. The van der Waals surface area contributed by atoms with E-state index in [9.17, 15) is 9.59 Å². The molecule has 23 heavy (non-hydrogen) atoms. The summed E-state index contributed by atoms with van der Waals surface area (Å²) in [6.45, 7) is 1.95. The summed E-state index contributed by atoms with van der Waals surface area (Å²) in [5.74, 6) is 0.144. The molecule has 2 rings (SSSR count). The minimum Gasteiger partial charge on any atom is -0.496 e. The lowest BCUT2D eigenvalue weighted by Crippen LogP contribution is -2.15. The van der Waals surface area contributed by atoms with E-state index < -0.39 is 5.97 Å². The summed E-state index contributed by atoms with van der Waals surface area (Å²) >= 11 is 0. The number of nitrogens with one attached hydrogen (secondary N) is 1. The van der Waals surface area contributed by atoms with Gasteiger partial charge in [0.05, 0.1) is 26.2 Å². The van der Waals surface area contributed by atoms with Crippen LogP contribution in [0.25, 0.3) is 0 Å². The normalized spacial score (nSPS) is 10.0. The molecular weight excluding hydrogens is 294 g/mol. The van der Waals surface area contributed by atoms with Gasteiger partial charge in [-0.05, 0) is 42.3 Å². The van der Waals surface area contributed by atoms with Crippen LogP contribution in [0.4, 0.5) is 5.69 Å². The second-order valence-corrected chi connectivity index (χ2v) is 5.10. The van der Waals surface area contributed by atoms with E-state index in [0.29, 0.717) is 11.3 Å². The van der Waals surface area contributed by atoms with Gasteiger partial charge >= 0.3 is 5.97 Å². The van der Waals surface area contributed by atoms with Crippen molar-refractivity contribution in [3.8, 4) is 5.75 Å². The molecule has 5 heteroatoms. The highest BCUT2D eigenvalue weighted by molar-refractivity contribution is 5.95. The van der Waals surface area contributed by atoms with E-state index in [-0.39, 0.29) is 12.3 Å². The fourth-order valence-corrected chi connectivity index (χ4v) is 2.21. The van der Waals surface area contributed by atoms with Crippen molar-refractivity contribution in [1.29, 1.82) is 0 Å². The van der Waals surface area contributed by atoms with Gasteiger partial charge in [0.1, 0.15) is 5.75 Å². The zero-order chi connectivity index (χ0) is 16.8. The highest BCUT2D eigenvalue weighted by atomic mass is 16.5. The number of benzene rings is 2. The Labute approximate surface area is 135 Å². The molecule has 0 aliphatic rings. The number of aryl methyl sites for hydroxylation is 1. The maximum Gasteiger partial charge on any atom is 0.337 e. The van der Waals surface area contributed by atoms with Crippen molar-refractivity contribution in [2.75, 3.05) is 19.5 Å².